The second kappa shape index (κ2) is 6.55. The van der Waals surface area contributed by atoms with Crippen molar-refractivity contribution in [2.75, 3.05) is 0 Å². The molecule has 0 bridgehead atoms. The van der Waals surface area contributed by atoms with Crippen molar-refractivity contribution in [2.45, 2.75) is 26.0 Å². The van der Waals surface area contributed by atoms with Crippen molar-refractivity contribution in [1.29, 1.82) is 0 Å². The number of nitrogens with zero attached hydrogens (tertiary/aromatic N) is 1. The van der Waals surface area contributed by atoms with Crippen LogP contribution >= 0.6 is 11.6 Å². The molecule has 0 fully saturated rings. The Labute approximate surface area is 118 Å². The Hall–Kier alpha value is -1.58. The van der Waals surface area contributed by atoms with E-state index in [1.165, 1.54) is 0 Å². The molecule has 3 nitrogen and oxygen atoms in total. The Balaban J connectivity index is 2.01. The van der Waals surface area contributed by atoms with E-state index in [1.807, 2.05) is 43.3 Å². The fourth-order valence-electron chi connectivity index (χ4n) is 1.80. The molecule has 2 rings (SSSR count). The highest BCUT2D eigenvalue weighted by Gasteiger charge is 2.05. The van der Waals surface area contributed by atoms with Crippen LogP contribution in [0.25, 0.3) is 0 Å². The van der Waals surface area contributed by atoms with Gasteiger partial charge in [-0.25, -0.2) is 0 Å². The Morgan fingerprint density at radius 3 is 2.79 bits per heavy atom. The molecule has 4 heteroatoms. The first kappa shape index (κ1) is 13.8. The number of hydrogen-bond donors (Lipinski definition) is 1. The van der Waals surface area contributed by atoms with E-state index < -0.39 is 0 Å². The van der Waals surface area contributed by atoms with Gasteiger partial charge in [-0.05, 0) is 43.2 Å². The fraction of sp³-hybridized carbons (Fsp3) is 0.267. The highest BCUT2D eigenvalue weighted by atomic mass is 35.5. The van der Waals surface area contributed by atoms with Gasteiger partial charge in [0.1, 0.15) is 12.4 Å². The van der Waals surface area contributed by atoms with Gasteiger partial charge >= 0.3 is 0 Å². The number of nitrogens with two attached hydrogens (primary N) is 1. The number of pyridine rings is 1. The molecule has 1 aromatic carbocycles. The van der Waals surface area contributed by atoms with Crippen molar-refractivity contribution < 1.29 is 4.74 Å². The van der Waals surface area contributed by atoms with Crippen LogP contribution in [0.4, 0.5) is 0 Å². The van der Waals surface area contributed by atoms with E-state index in [9.17, 15) is 0 Å². The first-order valence-electron chi connectivity index (χ1n) is 6.22. The molecular formula is C15H17ClN2O. The molecule has 0 saturated carbocycles. The summed E-state index contributed by atoms with van der Waals surface area (Å²) in [5.74, 6) is 0.667. The average Bonchev–Trinajstić information content (AvgIpc) is 2.38. The molecule has 2 aromatic rings. The van der Waals surface area contributed by atoms with Crippen molar-refractivity contribution >= 4 is 11.6 Å². The third kappa shape index (κ3) is 4.23. The molecule has 1 aromatic heterocycles. The predicted molar refractivity (Wildman–Crippen MR) is 77.4 cm³/mol. The number of rotatable bonds is 5. The minimum absolute atomic E-state index is 0.122. The maximum Gasteiger partial charge on any atom is 0.138 e. The van der Waals surface area contributed by atoms with Crippen LogP contribution in [-0.2, 0) is 13.0 Å². The van der Waals surface area contributed by atoms with Crippen molar-refractivity contribution in [3.8, 4) is 5.75 Å². The Morgan fingerprint density at radius 1 is 1.32 bits per heavy atom. The van der Waals surface area contributed by atoms with Crippen LogP contribution in [-0.4, -0.2) is 11.0 Å². The molecule has 0 radical (unpaired) electrons. The van der Waals surface area contributed by atoms with E-state index >= 15 is 0 Å². The quantitative estimate of drug-likeness (QED) is 0.912. The van der Waals surface area contributed by atoms with Crippen LogP contribution in [0.3, 0.4) is 0 Å². The summed E-state index contributed by atoms with van der Waals surface area (Å²) in [6.45, 7) is 2.38. The lowest BCUT2D eigenvalue weighted by molar-refractivity contribution is 0.301. The lowest BCUT2D eigenvalue weighted by Gasteiger charge is -2.10. The summed E-state index contributed by atoms with van der Waals surface area (Å²) in [6, 6.07) is 11.6. The maximum atomic E-state index is 6.19. The van der Waals surface area contributed by atoms with Gasteiger partial charge in [0.2, 0.25) is 0 Å². The normalized spacial score (nSPS) is 12.2. The van der Waals surface area contributed by atoms with Crippen molar-refractivity contribution in [3.63, 3.8) is 0 Å². The van der Waals surface area contributed by atoms with Crippen molar-refractivity contribution in [1.82, 2.24) is 4.98 Å². The third-order valence-corrected chi connectivity index (χ3v) is 2.95. The van der Waals surface area contributed by atoms with Gasteiger partial charge in [-0.3, -0.25) is 4.98 Å². The van der Waals surface area contributed by atoms with Crippen LogP contribution in [0, 0.1) is 0 Å². The molecule has 0 saturated heterocycles. The zero-order chi connectivity index (χ0) is 13.7. The monoisotopic (exact) mass is 276 g/mol. The summed E-state index contributed by atoms with van der Waals surface area (Å²) >= 11 is 6.19. The van der Waals surface area contributed by atoms with Crippen LogP contribution in [0.5, 0.6) is 5.75 Å². The number of benzene rings is 1. The summed E-state index contributed by atoms with van der Waals surface area (Å²) in [5, 5.41) is 0.606. The maximum absolute atomic E-state index is 6.19. The summed E-state index contributed by atoms with van der Waals surface area (Å²) in [4.78, 5) is 4.20. The predicted octanol–water partition coefficient (Wildman–Crippen LogP) is 3.20. The van der Waals surface area contributed by atoms with Gasteiger partial charge in [0, 0.05) is 12.2 Å². The Kier molecular flexibility index (Phi) is 4.77. The van der Waals surface area contributed by atoms with E-state index in [-0.39, 0.29) is 6.04 Å². The SMILES string of the molecule is CC(N)Cc1ccc(OCc2ccccn2)c(Cl)c1. The Bertz CT molecular complexity index is 529. The Morgan fingerprint density at radius 2 is 2.16 bits per heavy atom. The van der Waals surface area contributed by atoms with E-state index in [0.717, 1.165) is 17.7 Å². The summed E-state index contributed by atoms with van der Waals surface area (Å²) < 4.78 is 5.66. The molecule has 0 aliphatic rings. The standard InChI is InChI=1S/C15H17ClN2O/c1-11(17)8-12-5-6-15(14(16)9-12)19-10-13-4-2-3-7-18-13/h2-7,9,11H,8,10,17H2,1H3. The summed E-state index contributed by atoms with van der Waals surface area (Å²) in [6.07, 6.45) is 2.55. The first-order valence-corrected chi connectivity index (χ1v) is 6.59. The molecular weight excluding hydrogens is 260 g/mol. The second-order valence-corrected chi connectivity index (χ2v) is 4.96. The highest BCUT2D eigenvalue weighted by Crippen LogP contribution is 2.26. The second-order valence-electron chi connectivity index (χ2n) is 4.56. The van der Waals surface area contributed by atoms with Crippen LogP contribution in [0.1, 0.15) is 18.2 Å². The molecule has 0 aliphatic carbocycles. The smallest absolute Gasteiger partial charge is 0.138 e. The molecule has 19 heavy (non-hydrogen) atoms. The average molecular weight is 277 g/mol. The highest BCUT2D eigenvalue weighted by molar-refractivity contribution is 6.32. The molecule has 0 amide bonds. The van der Waals surface area contributed by atoms with Crippen LogP contribution in [0.2, 0.25) is 5.02 Å². The minimum atomic E-state index is 0.122. The topological polar surface area (TPSA) is 48.1 Å². The van der Waals surface area contributed by atoms with E-state index in [2.05, 4.69) is 4.98 Å². The van der Waals surface area contributed by atoms with Crippen LogP contribution < -0.4 is 10.5 Å². The lowest BCUT2D eigenvalue weighted by atomic mass is 10.1. The van der Waals surface area contributed by atoms with Gasteiger partial charge < -0.3 is 10.5 Å². The van der Waals surface area contributed by atoms with E-state index in [4.69, 9.17) is 22.1 Å². The van der Waals surface area contributed by atoms with Crippen molar-refractivity contribution in [3.05, 3.63) is 58.9 Å². The van der Waals surface area contributed by atoms with Gasteiger partial charge in [0.15, 0.2) is 0 Å². The van der Waals surface area contributed by atoms with Gasteiger partial charge in [-0.1, -0.05) is 23.7 Å². The molecule has 2 N–H and O–H groups in total. The number of halogens is 1. The molecule has 1 unspecified atom stereocenters. The number of hydrogen-bond acceptors (Lipinski definition) is 3. The summed E-state index contributed by atoms with van der Waals surface area (Å²) in [5.41, 5.74) is 7.75. The van der Waals surface area contributed by atoms with Gasteiger partial charge in [0.25, 0.3) is 0 Å². The van der Waals surface area contributed by atoms with Gasteiger partial charge in [-0.15, -0.1) is 0 Å². The van der Waals surface area contributed by atoms with Gasteiger partial charge in [-0.2, -0.15) is 0 Å². The molecule has 1 atom stereocenters. The van der Waals surface area contributed by atoms with Crippen molar-refractivity contribution in [2.24, 2.45) is 5.73 Å². The molecule has 0 spiro atoms. The number of aromatic nitrogens is 1. The van der Waals surface area contributed by atoms with E-state index in [0.29, 0.717) is 17.4 Å². The molecule has 100 valence electrons. The zero-order valence-electron chi connectivity index (χ0n) is 10.8. The lowest BCUT2D eigenvalue weighted by Crippen LogP contribution is -2.17. The van der Waals surface area contributed by atoms with Crippen LogP contribution in [0.15, 0.2) is 42.6 Å². The fourth-order valence-corrected chi connectivity index (χ4v) is 2.05. The van der Waals surface area contributed by atoms with Gasteiger partial charge in [0.05, 0.1) is 10.7 Å². The largest absolute Gasteiger partial charge is 0.486 e. The zero-order valence-corrected chi connectivity index (χ0v) is 11.6. The molecule has 1 heterocycles. The van der Waals surface area contributed by atoms with E-state index in [1.54, 1.807) is 6.20 Å². The first-order chi connectivity index (χ1) is 9.15. The summed E-state index contributed by atoms with van der Waals surface area (Å²) in [7, 11) is 0. The number of ether oxygens (including phenoxy) is 1. The third-order valence-electron chi connectivity index (χ3n) is 2.66. The molecule has 0 aliphatic heterocycles. The minimum Gasteiger partial charge on any atom is -0.486 e.